The molecule has 1 aliphatic heterocycles. The Kier molecular flexibility index (Phi) is 4.11. The first kappa shape index (κ1) is 15.1. The van der Waals surface area contributed by atoms with E-state index in [1.54, 1.807) is 0 Å². The van der Waals surface area contributed by atoms with Crippen molar-refractivity contribution in [3.05, 3.63) is 17.8 Å². The summed E-state index contributed by atoms with van der Waals surface area (Å²) in [6.45, 7) is 0.719. The lowest BCUT2D eigenvalue weighted by molar-refractivity contribution is 0.0724. The minimum absolute atomic E-state index is 0.123. The van der Waals surface area contributed by atoms with E-state index < -0.39 is 0 Å². The predicted octanol–water partition coefficient (Wildman–Crippen LogP) is 2.16. The third-order valence-electron chi connectivity index (χ3n) is 5.71. The number of carbonyl (C=O) groups excluding carboxylic acids is 1. The van der Waals surface area contributed by atoms with E-state index in [9.17, 15) is 4.79 Å². The predicted molar refractivity (Wildman–Crippen MR) is 83.7 cm³/mol. The van der Waals surface area contributed by atoms with E-state index in [-0.39, 0.29) is 24.1 Å². The number of hydrogen-bond acceptors (Lipinski definition) is 5. The monoisotopic (exact) mass is 319 g/mol. The van der Waals surface area contributed by atoms with E-state index >= 15 is 0 Å². The van der Waals surface area contributed by atoms with Crippen molar-refractivity contribution in [1.82, 2.24) is 10.3 Å². The van der Waals surface area contributed by atoms with Gasteiger partial charge in [-0.2, -0.15) is 0 Å². The van der Waals surface area contributed by atoms with Crippen LogP contribution in [0.15, 0.2) is 10.8 Å². The summed E-state index contributed by atoms with van der Waals surface area (Å²) in [7, 11) is 0. The summed E-state index contributed by atoms with van der Waals surface area (Å²) in [6, 6.07) is 0.512. The number of hydrogen-bond donors (Lipinski definition) is 2. The summed E-state index contributed by atoms with van der Waals surface area (Å²) in [4.78, 5) is 16.9. The Balaban J connectivity index is 1.49. The van der Waals surface area contributed by atoms with Crippen molar-refractivity contribution in [3.63, 3.8) is 0 Å². The van der Waals surface area contributed by atoms with Gasteiger partial charge < -0.3 is 20.2 Å². The smallest absolute Gasteiger partial charge is 0.273 e. The third-order valence-corrected chi connectivity index (χ3v) is 5.71. The van der Waals surface area contributed by atoms with Crippen LogP contribution in [0.1, 0.15) is 67.3 Å². The van der Waals surface area contributed by atoms with Crippen molar-refractivity contribution < 1.29 is 13.9 Å². The van der Waals surface area contributed by atoms with Crippen molar-refractivity contribution in [3.8, 4) is 0 Å². The van der Waals surface area contributed by atoms with Gasteiger partial charge in [-0.3, -0.25) is 4.79 Å². The molecule has 0 radical (unpaired) electrons. The summed E-state index contributed by atoms with van der Waals surface area (Å²) in [5, 5.41) is 3.24. The zero-order valence-electron chi connectivity index (χ0n) is 13.4. The number of aromatic nitrogens is 1. The molecular weight excluding hydrogens is 294 g/mol. The molecule has 23 heavy (non-hydrogen) atoms. The molecule has 1 saturated heterocycles. The van der Waals surface area contributed by atoms with Crippen molar-refractivity contribution in [2.75, 3.05) is 6.61 Å². The fraction of sp³-hybridized carbons (Fsp3) is 0.765. The molecule has 126 valence electrons. The quantitative estimate of drug-likeness (QED) is 0.891. The molecule has 2 aliphatic carbocycles. The molecule has 2 saturated carbocycles. The van der Waals surface area contributed by atoms with Gasteiger partial charge in [-0.05, 0) is 50.4 Å². The largest absolute Gasteiger partial charge is 0.445 e. The SMILES string of the molecule is NC1CC2CCCC(C1)C2NC(=O)c1ncoc1C1CCCO1. The second-order valence-corrected chi connectivity index (χ2v) is 7.25. The Morgan fingerprint density at radius 2 is 2.00 bits per heavy atom. The minimum atomic E-state index is -0.127. The fourth-order valence-electron chi connectivity index (χ4n) is 4.68. The maximum absolute atomic E-state index is 12.7. The van der Waals surface area contributed by atoms with Crippen LogP contribution in [0.2, 0.25) is 0 Å². The molecular formula is C17H25N3O3. The van der Waals surface area contributed by atoms with Gasteiger partial charge in [0.2, 0.25) is 0 Å². The Labute approximate surface area is 136 Å². The number of amides is 1. The Hall–Kier alpha value is -1.40. The lowest BCUT2D eigenvalue weighted by Gasteiger charge is -2.45. The molecule has 0 aromatic carbocycles. The standard InChI is InChI=1S/C17H25N3O3/c18-12-7-10-3-1-4-11(8-12)14(10)20-17(21)15-16(23-9-19-15)13-5-2-6-22-13/h9-14H,1-8,18H2,(H,20,21). The number of ether oxygens (including phenoxy) is 1. The topological polar surface area (TPSA) is 90.4 Å². The number of rotatable bonds is 3. The summed E-state index contributed by atoms with van der Waals surface area (Å²) >= 11 is 0. The van der Waals surface area contributed by atoms with Crippen molar-refractivity contribution in [2.24, 2.45) is 17.6 Å². The number of nitrogens with zero attached hydrogens (tertiary/aromatic N) is 1. The Bertz CT molecular complexity index is 553. The van der Waals surface area contributed by atoms with Crippen LogP contribution in [-0.4, -0.2) is 29.6 Å². The first-order valence-electron chi connectivity index (χ1n) is 8.84. The molecule has 6 heteroatoms. The van der Waals surface area contributed by atoms with Gasteiger partial charge >= 0.3 is 0 Å². The van der Waals surface area contributed by atoms with E-state index in [4.69, 9.17) is 14.9 Å². The average molecular weight is 319 g/mol. The molecule has 4 rings (SSSR count). The van der Waals surface area contributed by atoms with Crippen LogP contribution in [0.25, 0.3) is 0 Å². The number of oxazole rings is 1. The maximum atomic E-state index is 12.7. The average Bonchev–Trinajstić information content (AvgIpc) is 3.18. The van der Waals surface area contributed by atoms with E-state index in [2.05, 4.69) is 10.3 Å². The summed E-state index contributed by atoms with van der Waals surface area (Å²) in [6.07, 6.45) is 8.70. The first-order chi connectivity index (χ1) is 11.2. The number of fused-ring (bicyclic) bond motifs is 2. The molecule has 3 N–H and O–H groups in total. The summed E-state index contributed by atoms with van der Waals surface area (Å²) in [5.74, 6) is 1.46. The van der Waals surface area contributed by atoms with Gasteiger partial charge in [0, 0.05) is 18.7 Å². The van der Waals surface area contributed by atoms with Crippen LogP contribution in [0.5, 0.6) is 0 Å². The van der Waals surface area contributed by atoms with Gasteiger partial charge in [0.15, 0.2) is 17.8 Å². The van der Waals surface area contributed by atoms with Crippen molar-refractivity contribution in [2.45, 2.75) is 63.1 Å². The zero-order chi connectivity index (χ0) is 15.8. The highest BCUT2D eigenvalue weighted by Crippen LogP contribution is 2.40. The number of nitrogens with one attached hydrogen (secondary N) is 1. The molecule has 2 heterocycles. The lowest BCUT2D eigenvalue weighted by atomic mass is 9.67. The Morgan fingerprint density at radius 3 is 2.70 bits per heavy atom. The van der Waals surface area contributed by atoms with Gasteiger partial charge in [-0.1, -0.05) is 6.42 Å². The Morgan fingerprint density at radius 1 is 1.22 bits per heavy atom. The number of nitrogens with two attached hydrogens (primary N) is 1. The van der Waals surface area contributed by atoms with Crippen LogP contribution < -0.4 is 11.1 Å². The van der Waals surface area contributed by atoms with Crippen molar-refractivity contribution >= 4 is 5.91 Å². The molecule has 0 spiro atoms. The lowest BCUT2D eigenvalue weighted by Crippen LogP contribution is -2.53. The van der Waals surface area contributed by atoms with Crippen molar-refractivity contribution in [1.29, 1.82) is 0 Å². The van der Waals surface area contributed by atoms with E-state index in [1.807, 2.05) is 0 Å². The van der Waals surface area contributed by atoms with E-state index in [0.717, 1.165) is 45.1 Å². The molecule has 6 nitrogen and oxygen atoms in total. The highest BCUT2D eigenvalue weighted by molar-refractivity contribution is 5.93. The van der Waals surface area contributed by atoms with E-state index in [0.29, 0.717) is 23.3 Å². The van der Waals surface area contributed by atoms with Crippen LogP contribution in [0.4, 0.5) is 0 Å². The zero-order valence-corrected chi connectivity index (χ0v) is 13.4. The summed E-state index contributed by atoms with van der Waals surface area (Å²) in [5.41, 5.74) is 6.56. The molecule has 3 unspecified atom stereocenters. The normalized spacial score (nSPS) is 36.8. The molecule has 2 bridgehead atoms. The first-order valence-corrected chi connectivity index (χ1v) is 8.84. The van der Waals surface area contributed by atoms with Crippen LogP contribution >= 0.6 is 0 Å². The van der Waals surface area contributed by atoms with Gasteiger partial charge in [0.25, 0.3) is 5.91 Å². The molecule has 1 amide bonds. The molecule has 3 aliphatic rings. The molecule has 3 atom stereocenters. The summed E-state index contributed by atoms with van der Waals surface area (Å²) < 4.78 is 11.1. The second-order valence-electron chi connectivity index (χ2n) is 7.25. The molecule has 3 fully saturated rings. The van der Waals surface area contributed by atoms with Crippen LogP contribution in [0, 0.1) is 11.8 Å². The van der Waals surface area contributed by atoms with Gasteiger partial charge in [-0.25, -0.2) is 4.98 Å². The maximum Gasteiger partial charge on any atom is 0.273 e. The van der Waals surface area contributed by atoms with Gasteiger partial charge in [0.1, 0.15) is 6.10 Å². The highest BCUT2D eigenvalue weighted by atomic mass is 16.5. The molecule has 1 aromatic heterocycles. The van der Waals surface area contributed by atoms with Gasteiger partial charge in [-0.15, -0.1) is 0 Å². The highest BCUT2D eigenvalue weighted by Gasteiger charge is 2.40. The fourth-order valence-corrected chi connectivity index (χ4v) is 4.68. The third kappa shape index (κ3) is 2.90. The van der Waals surface area contributed by atoms with E-state index in [1.165, 1.54) is 12.8 Å². The number of carbonyl (C=O) groups is 1. The minimum Gasteiger partial charge on any atom is -0.445 e. The molecule has 1 aromatic rings. The van der Waals surface area contributed by atoms with Crippen LogP contribution in [0.3, 0.4) is 0 Å². The van der Waals surface area contributed by atoms with Crippen LogP contribution in [-0.2, 0) is 4.74 Å². The second kappa shape index (κ2) is 6.24. The van der Waals surface area contributed by atoms with Gasteiger partial charge in [0.05, 0.1) is 0 Å².